The maximum atomic E-state index is 12.2. The molecule has 28 heavy (non-hydrogen) atoms. The number of rotatable bonds is 6. The number of nitrogens with zero attached hydrogens (tertiary/aromatic N) is 2. The molecular formula is C21H27N5O2. The molecule has 7 heteroatoms. The van der Waals surface area contributed by atoms with Gasteiger partial charge in [-0.25, -0.2) is 4.79 Å². The van der Waals surface area contributed by atoms with Gasteiger partial charge in [-0.15, -0.1) is 0 Å². The highest BCUT2D eigenvalue weighted by Crippen LogP contribution is 2.22. The summed E-state index contributed by atoms with van der Waals surface area (Å²) >= 11 is 0. The number of nitrogens with one attached hydrogen (secondary N) is 3. The van der Waals surface area contributed by atoms with E-state index in [0.717, 1.165) is 37.3 Å². The number of fused-ring (bicyclic) bond motifs is 1. The number of hydrogen-bond acceptors (Lipinski definition) is 4. The lowest BCUT2D eigenvalue weighted by molar-refractivity contribution is -0.119. The summed E-state index contributed by atoms with van der Waals surface area (Å²) in [7, 11) is 0. The van der Waals surface area contributed by atoms with Gasteiger partial charge in [0.2, 0.25) is 5.91 Å². The summed E-state index contributed by atoms with van der Waals surface area (Å²) in [5.41, 5.74) is 5.34. The van der Waals surface area contributed by atoms with Crippen LogP contribution in [0.25, 0.3) is 0 Å². The van der Waals surface area contributed by atoms with Crippen LogP contribution in [0.3, 0.4) is 0 Å². The highest BCUT2D eigenvalue weighted by Gasteiger charge is 2.18. The largest absolute Gasteiger partial charge is 0.355 e. The molecule has 0 saturated carbocycles. The average Bonchev–Trinajstić information content (AvgIpc) is 2.67. The fourth-order valence-electron chi connectivity index (χ4n) is 3.39. The molecule has 1 aliphatic rings. The number of aromatic nitrogens is 1. The van der Waals surface area contributed by atoms with E-state index < -0.39 is 0 Å². The summed E-state index contributed by atoms with van der Waals surface area (Å²) in [4.78, 5) is 29.7. The lowest BCUT2D eigenvalue weighted by Gasteiger charge is -2.30. The molecule has 0 spiro atoms. The molecule has 0 unspecified atom stereocenters. The fourth-order valence-corrected chi connectivity index (χ4v) is 3.39. The van der Waals surface area contributed by atoms with Gasteiger partial charge in [-0.1, -0.05) is 18.2 Å². The zero-order valence-electron chi connectivity index (χ0n) is 16.4. The maximum Gasteiger partial charge on any atom is 0.319 e. The van der Waals surface area contributed by atoms with Gasteiger partial charge < -0.3 is 16.0 Å². The Balaban J connectivity index is 1.54. The van der Waals surface area contributed by atoms with Crippen LogP contribution in [-0.2, 0) is 24.3 Å². The number of amides is 3. The van der Waals surface area contributed by atoms with Crippen LogP contribution in [0.4, 0.5) is 10.5 Å². The minimum Gasteiger partial charge on any atom is -0.355 e. The first-order chi connectivity index (χ1) is 13.5. The molecule has 1 aromatic heterocycles. The Labute approximate surface area is 165 Å². The second kappa shape index (κ2) is 9.32. The molecule has 2 heterocycles. The highest BCUT2D eigenvalue weighted by atomic mass is 16.2. The Hall–Kier alpha value is -2.93. The summed E-state index contributed by atoms with van der Waals surface area (Å²) in [6, 6.07) is 9.70. The van der Waals surface area contributed by atoms with Crippen molar-refractivity contribution in [1.82, 2.24) is 20.5 Å². The monoisotopic (exact) mass is 381 g/mol. The van der Waals surface area contributed by atoms with Crippen LogP contribution in [0.2, 0.25) is 0 Å². The first-order valence-corrected chi connectivity index (χ1v) is 9.55. The number of pyridine rings is 1. The van der Waals surface area contributed by atoms with Gasteiger partial charge in [0.05, 0.1) is 11.9 Å². The molecule has 3 amide bonds. The minimum absolute atomic E-state index is 0.00506. The first kappa shape index (κ1) is 19.8. The van der Waals surface area contributed by atoms with E-state index in [1.165, 1.54) is 18.1 Å². The van der Waals surface area contributed by atoms with E-state index in [9.17, 15) is 9.59 Å². The first-order valence-electron chi connectivity index (χ1n) is 9.55. The van der Waals surface area contributed by atoms with Gasteiger partial charge in [0.25, 0.3) is 0 Å². The van der Waals surface area contributed by atoms with Gasteiger partial charge in [-0.3, -0.25) is 14.7 Å². The molecule has 2 aromatic rings. The van der Waals surface area contributed by atoms with Crippen LogP contribution in [0.1, 0.15) is 29.3 Å². The van der Waals surface area contributed by atoms with Crippen molar-refractivity contribution in [2.75, 3.05) is 25.0 Å². The predicted octanol–water partition coefficient (Wildman–Crippen LogP) is 2.21. The average molecular weight is 381 g/mol. The number of aryl methyl sites for hydroxylation is 1. The molecule has 3 N–H and O–H groups in total. The van der Waals surface area contributed by atoms with Crippen LogP contribution in [0.15, 0.2) is 36.5 Å². The van der Waals surface area contributed by atoms with Crippen LogP contribution < -0.4 is 16.0 Å². The number of benzene rings is 1. The summed E-state index contributed by atoms with van der Waals surface area (Å²) in [6.45, 7) is 7.25. The van der Waals surface area contributed by atoms with Gasteiger partial charge in [-0.2, -0.15) is 0 Å². The number of carbonyl (C=O) groups excluding carboxylic acids is 2. The highest BCUT2D eigenvalue weighted by molar-refractivity contribution is 5.88. The number of hydrogen-bond donors (Lipinski definition) is 3. The Bertz CT molecular complexity index is 835. The Kier molecular flexibility index (Phi) is 6.60. The maximum absolute atomic E-state index is 12.2. The Morgan fingerprint density at radius 2 is 2.04 bits per heavy atom. The minimum atomic E-state index is -0.240. The smallest absolute Gasteiger partial charge is 0.319 e. The number of anilines is 1. The van der Waals surface area contributed by atoms with Gasteiger partial charge >= 0.3 is 6.03 Å². The van der Waals surface area contributed by atoms with E-state index in [4.69, 9.17) is 0 Å². The molecule has 0 bridgehead atoms. The SMILES string of the molecule is CC(=O)NCCN1CCc2c(CNC(=O)Nc3ccc(C)nc3)cccc2C1. The molecular weight excluding hydrogens is 354 g/mol. The number of carbonyl (C=O) groups is 2. The van der Waals surface area contributed by atoms with Crippen molar-refractivity contribution in [1.29, 1.82) is 0 Å². The van der Waals surface area contributed by atoms with Crippen molar-refractivity contribution in [2.24, 2.45) is 0 Å². The zero-order chi connectivity index (χ0) is 19.9. The topological polar surface area (TPSA) is 86.4 Å². The van der Waals surface area contributed by atoms with E-state index in [1.807, 2.05) is 25.1 Å². The fraction of sp³-hybridized carbons (Fsp3) is 0.381. The van der Waals surface area contributed by atoms with Crippen LogP contribution >= 0.6 is 0 Å². The predicted molar refractivity (Wildman–Crippen MR) is 109 cm³/mol. The Morgan fingerprint density at radius 1 is 1.18 bits per heavy atom. The lowest BCUT2D eigenvalue weighted by atomic mass is 9.94. The molecule has 0 saturated heterocycles. The van der Waals surface area contributed by atoms with E-state index in [2.05, 4.69) is 38.0 Å². The van der Waals surface area contributed by atoms with Crippen molar-refractivity contribution in [3.05, 3.63) is 58.9 Å². The summed E-state index contributed by atoms with van der Waals surface area (Å²) in [6.07, 6.45) is 2.59. The summed E-state index contributed by atoms with van der Waals surface area (Å²) in [5, 5.41) is 8.58. The van der Waals surface area contributed by atoms with Crippen LogP contribution in [0, 0.1) is 6.92 Å². The van der Waals surface area contributed by atoms with Gasteiger partial charge in [0, 0.05) is 45.3 Å². The lowest BCUT2D eigenvalue weighted by Crippen LogP contribution is -2.37. The van der Waals surface area contributed by atoms with E-state index >= 15 is 0 Å². The molecule has 0 aliphatic carbocycles. The molecule has 1 aliphatic heterocycles. The van der Waals surface area contributed by atoms with Crippen LogP contribution in [-0.4, -0.2) is 41.5 Å². The third kappa shape index (κ3) is 5.53. The van der Waals surface area contributed by atoms with E-state index in [-0.39, 0.29) is 11.9 Å². The molecule has 148 valence electrons. The van der Waals surface area contributed by atoms with Crippen molar-refractivity contribution in [2.45, 2.75) is 33.4 Å². The van der Waals surface area contributed by atoms with Gasteiger partial charge in [-0.05, 0) is 42.2 Å². The standard InChI is InChI=1S/C21H27N5O2/c1-15-6-7-19(13-23-15)25-21(28)24-12-17-4-3-5-18-14-26(10-8-20(17)18)11-9-22-16(2)27/h3-7,13H,8-12,14H2,1-2H3,(H,22,27)(H2,24,25,28). The second-order valence-electron chi connectivity index (χ2n) is 7.06. The van der Waals surface area contributed by atoms with Crippen molar-refractivity contribution in [3.8, 4) is 0 Å². The second-order valence-corrected chi connectivity index (χ2v) is 7.06. The molecule has 7 nitrogen and oxygen atoms in total. The summed E-state index contributed by atoms with van der Waals surface area (Å²) in [5.74, 6) is 0.00506. The van der Waals surface area contributed by atoms with Crippen LogP contribution in [0.5, 0.6) is 0 Å². The third-order valence-corrected chi connectivity index (χ3v) is 4.85. The summed E-state index contributed by atoms with van der Waals surface area (Å²) < 4.78 is 0. The molecule has 0 radical (unpaired) electrons. The normalized spacial score (nSPS) is 13.5. The molecule has 0 fully saturated rings. The Morgan fingerprint density at radius 3 is 2.79 bits per heavy atom. The van der Waals surface area contributed by atoms with E-state index in [1.54, 1.807) is 6.20 Å². The van der Waals surface area contributed by atoms with Gasteiger partial charge in [0.15, 0.2) is 0 Å². The van der Waals surface area contributed by atoms with Crippen molar-refractivity contribution < 1.29 is 9.59 Å². The van der Waals surface area contributed by atoms with Crippen molar-refractivity contribution in [3.63, 3.8) is 0 Å². The zero-order valence-corrected chi connectivity index (χ0v) is 16.4. The molecule has 0 atom stereocenters. The molecule has 3 rings (SSSR count). The molecule has 1 aromatic carbocycles. The van der Waals surface area contributed by atoms with E-state index in [0.29, 0.717) is 18.8 Å². The van der Waals surface area contributed by atoms with Gasteiger partial charge in [0.1, 0.15) is 0 Å². The number of urea groups is 1. The third-order valence-electron chi connectivity index (χ3n) is 4.85. The van der Waals surface area contributed by atoms with Crippen molar-refractivity contribution >= 4 is 17.6 Å². The quantitative estimate of drug-likeness (QED) is 0.716.